The molecule has 1 aromatic carbocycles. The zero-order chi connectivity index (χ0) is 14.0. The summed E-state index contributed by atoms with van der Waals surface area (Å²) in [7, 11) is 0. The number of rotatable bonds is 3. The fourth-order valence-electron chi connectivity index (χ4n) is 1.52. The van der Waals surface area contributed by atoms with E-state index in [2.05, 4.69) is 4.98 Å². The predicted octanol–water partition coefficient (Wildman–Crippen LogP) is 3.45. The van der Waals surface area contributed by atoms with E-state index < -0.39 is 4.92 Å². The number of halogens is 1. The van der Waals surface area contributed by atoms with Crippen molar-refractivity contribution in [3.8, 4) is 17.4 Å². The number of ether oxygens (including phenoxy) is 1. The molecule has 2 rings (SSSR count). The SMILES string of the molecule is Cc1cc(O)cc(Oc2ncc(Cl)cc2[N+](=O)[O-])c1. The number of benzene rings is 1. The lowest BCUT2D eigenvalue weighted by Crippen LogP contribution is -1.96. The summed E-state index contributed by atoms with van der Waals surface area (Å²) in [6, 6.07) is 5.66. The van der Waals surface area contributed by atoms with Crippen molar-refractivity contribution in [2.75, 3.05) is 0 Å². The van der Waals surface area contributed by atoms with Crippen LogP contribution in [0, 0.1) is 17.0 Å². The number of aromatic hydroxyl groups is 1. The second-order valence-electron chi connectivity index (χ2n) is 3.84. The van der Waals surface area contributed by atoms with Gasteiger partial charge in [-0.3, -0.25) is 10.1 Å². The molecule has 0 spiro atoms. The first-order valence-corrected chi connectivity index (χ1v) is 5.62. The summed E-state index contributed by atoms with van der Waals surface area (Å²) in [5.74, 6) is 0.0847. The van der Waals surface area contributed by atoms with E-state index in [0.717, 1.165) is 11.6 Å². The first-order chi connectivity index (χ1) is 8.95. The van der Waals surface area contributed by atoms with Crippen LogP contribution in [0.3, 0.4) is 0 Å². The number of phenolic OH excluding ortho intramolecular Hbond substituents is 1. The standard InChI is InChI=1S/C12H9ClN2O4/c1-7-2-9(16)5-10(3-7)19-12-11(15(17)18)4-8(13)6-14-12/h2-6,16H,1H3. The summed E-state index contributed by atoms with van der Waals surface area (Å²) in [6.07, 6.45) is 1.25. The van der Waals surface area contributed by atoms with Crippen LogP contribution >= 0.6 is 11.6 Å². The fraction of sp³-hybridized carbons (Fsp3) is 0.0833. The quantitative estimate of drug-likeness (QED) is 0.687. The van der Waals surface area contributed by atoms with Gasteiger partial charge in [-0.1, -0.05) is 11.6 Å². The van der Waals surface area contributed by atoms with Crippen LogP contribution in [0.1, 0.15) is 5.56 Å². The first kappa shape index (κ1) is 13.1. The Morgan fingerprint density at radius 3 is 2.74 bits per heavy atom. The predicted molar refractivity (Wildman–Crippen MR) is 68.8 cm³/mol. The van der Waals surface area contributed by atoms with E-state index in [9.17, 15) is 15.2 Å². The number of aryl methyl sites for hydroxylation is 1. The van der Waals surface area contributed by atoms with Crippen molar-refractivity contribution >= 4 is 17.3 Å². The van der Waals surface area contributed by atoms with E-state index >= 15 is 0 Å². The van der Waals surface area contributed by atoms with E-state index in [4.69, 9.17) is 16.3 Å². The molecule has 1 N–H and O–H groups in total. The summed E-state index contributed by atoms with van der Waals surface area (Å²) < 4.78 is 5.32. The number of hydrogen-bond donors (Lipinski definition) is 1. The van der Waals surface area contributed by atoms with Crippen LogP contribution in [0.4, 0.5) is 5.69 Å². The Balaban J connectivity index is 2.40. The molecule has 0 radical (unpaired) electrons. The third kappa shape index (κ3) is 3.11. The van der Waals surface area contributed by atoms with E-state index in [1.165, 1.54) is 18.3 Å². The molecule has 1 aromatic heterocycles. The summed E-state index contributed by atoms with van der Waals surface area (Å²) in [6.45, 7) is 1.76. The van der Waals surface area contributed by atoms with E-state index in [-0.39, 0.29) is 28.1 Å². The van der Waals surface area contributed by atoms with Crippen LogP contribution in [0.25, 0.3) is 0 Å². The highest BCUT2D eigenvalue weighted by Gasteiger charge is 2.18. The van der Waals surface area contributed by atoms with Gasteiger partial charge in [0.05, 0.1) is 16.1 Å². The number of hydrogen-bond acceptors (Lipinski definition) is 5. The summed E-state index contributed by atoms with van der Waals surface area (Å²) in [5.41, 5.74) is 0.417. The van der Waals surface area contributed by atoms with Crippen LogP contribution in [0.5, 0.6) is 17.4 Å². The van der Waals surface area contributed by atoms with Crippen LogP contribution in [-0.4, -0.2) is 15.0 Å². The molecule has 0 amide bonds. The molecule has 7 heteroatoms. The largest absolute Gasteiger partial charge is 0.508 e. The minimum atomic E-state index is -0.635. The van der Waals surface area contributed by atoms with Gasteiger partial charge in [-0.05, 0) is 24.6 Å². The highest BCUT2D eigenvalue weighted by molar-refractivity contribution is 6.30. The number of phenols is 1. The number of pyridine rings is 1. The molecule has 0 saturated carbocycles. The van der Waals surface area contributed by atoms with Gasteiger partial charge in [-0.15, -0.1) is 0 Å². The van der Waals surface area contributed by atoms with Gasteiger partial charge in [-0.2, -0.15) is 0 Å². The maximum atomic E-state index is 10.9. The molecule has 1 heterocycles. The second-order valence-corrected chi connectivity index (χ2v) is 4.28. The van der Waals surface area contributed by atoms with Crippen LogP contribution < -0.4 is 4.74 Å². The van der Waals surface area contributed by atoms with Gasteiger partial charge in [0.1, 0.15) is 11.5 Å². The molecule has 0 aliphatic rings. The Labute approximate surface area is 113 Å². The summed E-state index contributed by atoms with van der Waals surface area (Å²) in [5, 5.41) is 20.5. The third-order valence-electron chi connectivity index (χ3n) is 2.25. The van der Waals surface area contributed by atoms with Gasteiger partial charge in [0, 0.05) is 12.1 Å². The Bertz CT molecular complexity index is 625. The normalized spacial score (nSPS) is 10.2. The molecular weight excluding hydrogens is 272 g/mol. The third-order valence-corrected chi connectivity index (χ3v) is 2.45. The molecule has 2 aromatic rings. The van der Waals surface area contributed by atoms with Gasteiger partial charge in [-0.25, -0.2) is 4.98 Å². The monoisotopic (exact) mass is 280 g/mol. The molecule has 0 saturated heterocycles. The smallest absolute Gasteiger partial charge is 0.332 e. The van der Waals surface area contributed by atoms with Gasteiger partial charge in [0.15, 0.2) is 0 Å². The zero-order valence-electron chi connectivity index (χ0n) is 9.83. The average molecular weight is 281 g/mol. The second kappa shape index (κ2) is 5.11. The molecule has 0 atom stereocenters. The lowest BCUT2D eigenvalue weighted by molar-refractivity contribution is -0.386. The lowest BCUT2D eigenvalue weighted by atomic mass is 10.2. The number of nitro groups is 1. The van der Waals surface area contributed by atoms with Gasteiger partial charge in [0.25, 0.3) is 5.88 Å². The van der Waals surface area contributed by atoms with Crippen molar-refractivity contribution in [1.82, 2.24) is 4.98 Å². The number of nitrogens with zero attached hydrogens (tertiary/aromatic N) is 2. The molecule has 0 aliphatic heterocycles. The Morgan fingerprint density at radius 1 is 1.37 bits per heavy atom. The molecule has 6 nitrogen and oxygen atoms in total. The molecule has 0 bridgehead atoms. The summed E-state index contributed by atoms with van der Waals surface area (Å²) in [4.78, 5) is 14.0. The molecule has 98 valence electrons. The molecule has 0 unspecified atom stereocenters. The van der Waals surface area contributed by atoms with Gasteiger partial charge < -0.3 is 9.84 Å². The highest BCUT2D eigenvalue weighted by atomic mass is 35.5. The van der Waals surface area contributed by atoms with Gasteiger partial charge >= 0.3 is 5.69 Å². The highest BCUT2D eigenvalue weighted by Crippen LogP contribution is 2.32. The fourth-order valence-corrected chi connectivity index (χ4v) is 1.68. The lowest BCUT2D eigenvalue weighted by Gasteiger charge is -2.06. The molecule has 0 fully saturated rings. The van der Waals surface area contributed by atoms with Crippen LogP contribution in [0.2, 0.25) is 5.02 Å². The van der Waals surface area contributed by atoms with Crippen molar-refractivity contribution < 1.29 is 14.8 Å². The maximum Gasteiger partial charge on any atom is 0.332 e. The molecular formula is C12H9ClN2O4. The van der Waals surface area contributed by atoms with Gasteiger partial charge in [0.2, 0.25) is 0 Å². The van der Waals surface area contributed by atoms with E-state index in [1.807, 2.05) is 0 Å². The Kier molecular flexibility index (Phi) is 3.52. The maximum absolute atomic E-state index is 10.9. The van der Waals surface area contributed by atoms with E-state index in [0.29, 0.717) is 0 Å². The number of aromatic nitrogens is 1. The van der Waals surface area contributed by atoms with E-state index in [1.54, 1.807) is 13.0 Å². The van der Waals surface area contributed by atoms with Crippen molar-refractivity contribution in [2.45, 2.75) is 6.92 Å². The average Bonchev–Trinajstić information content (AvgIpc) is 2.30. The zero-order valence-corrected chi connectivity index (χ0v) is 10.6. The Morgan fingerprint density at radius 2 is 2.11 bits per heavy atom. The summed E-state index contributed by atoms with van der Waals surface area (Å²) >= 11 is 5.65. The first-order valence-electron chi connectivity index (χ1n) is 5.24. The topological polar surface area (TPSA) is 85.5 Å². The van der Waals surface area contributed by atoms with Crippen molar-refractivity contribution in [1.29, 1.82) is 0 Å². The molecule has 19 heavy (non-hydrogen) atoms. The van der Waals surface area contributed by atoms with Crippen LogP contribution in [0.15, 0.2) is 30.5 Å². The Hall–Kier alpha value is -2.34. The van der Waals surface area contributed by atoms with Crippen molar-refractivity contribution in [2.24, 2.45) is 0 Å². The molecule has 0 aliphatic carbocycles. The minimum Gasteiger partial charge on any atom is -0.508 e. The van der Waals surface area contributed by atoms with Crippen LogP contribution in [-0.2, 0) is 0 Å². The van der Waals surface area contributed by atoms with Crippen molar-refractivity contribution in [3.05, 3.63) is 51.2 Å². The van der Waals surface area contributed by atoms with Crippen molar-refractivity contribution in [3.63, 3.8) is 0 Å². The minimum absolute atomic E-state index is 0.00613.